The van der Waals surface area contributed by atoms with Crippen LogP contribution in [0.1, 0.15) is 12.2 Å². The highest BCUT2D eigenvalue weighted by Crippen LogP contribution is 2.38. The van der Waals surface area contributed by atoms with Gasteiger partial charge in [-0.05, 0) is 6.42 Å². The molecule has 0 aliphatic heterocycles. The number of rotatable bonds is 5. The van der Waals surface area contributed by atoms with Gasteiger partial charge in [-0.25, -0.2) is 0 Å². The van der Waals surface area contributed by atoms with Gasteiger partial charge in [-0.3, -0.25) is 9.59 Å². The van der Waals surface area contributed by atoms with Crippen molar-refractivity contribution in [3.8, 4) is 0 Å². The summed E-state index contributed by atoms with van der Waals surface area (Å²) in [7, 11) is 1.83. The number of aliphatic carboxylic acids is 1. The molecule has 1 heterocycles. The summed E-state index contributed by atoms with van der Waals surface area (Å²) < 4.78 is 1.78. The Labute approximate surface area is 97.8 Å². The summed E-state index contributed by atoms with van der Waals surface area (Å²) in [6, 6.07) is 0. The molecule has 0 unspecified atom stereocenters. The predicted molar refractivity (Wildman–Crippen MR) is 56.9 cm³/mol. The molecule has 7 nitrogen and oxygen atoms in total. The van der Waals surface area contributed by atoms with Crippen LogP contribution in [-0.2, 0) is 23.1 Å². The van der Waals surface area contributed by atoms with E-state index >= 15 is 0 Å². The summed E-state index contributed by atoms with van der Waals surface area (Å²) in [6.45, 7) is 0.453. The van der Waals surface area contributed by atoms with Crippen LogP contribution in [0.25, 0.3) is 0 Å². The van der Waals surface area contributed by atoms with Crippen molar-refractivity contribution in [1.29, 1.82) is 0 Å². The lowest BCUT2D eigenvalue weighted by atomic mass is 10.3. The van der Waals surface area contributed by atoms with Crippen LogP contribution in [0.3, 0.4) is 0 Å². The first-order valence-electron chi connectivity index (χ1n) is 5.43. The third-order valence-corrected chi connectivity index (χ3v) is 2.90. The Morgan fingerprint density at radius 3 is 2.88 bits per heavy atom. The second-order valence-electron chi connectivity index (χ2n) is 4.19. The minimum absolute atomic E-state index is 0.181. The summed E-state index contributed by atoms with van der Waals surface area (Å²) in [5.74, 6) is -1.13. The molecule has 0 spiro atoms. The van der Waals surface area contributed by atoms with Crippen molar-refractivity contribution < 1.29 is 14.7 Å². The molecule has 2 atom stereocenters. The topological polar surface area (TPSA) is 97.1 Å². The number of carbonyl (C=O) groups is 2. The molecule has 1 aromatic rings. The second-order valence-corrected chi connectivity index (χ2v) is 4.19. The van der Waals surface area contributed by atoms with Gasteiger partial charge in [-0.2, -0.15) is 0 Å². The van der Waals surface area contributed by atoms with E-state index in [1.807, 2.05) is 7.05 Å². The van der Waals surface area contributed by atoms with E-state index in [0.29, 0.717) is 19.4 Å². The minimum Gasteiger partial charge on any atom is -0.481 e. The number of amides is 1. The fourth-order valence-electron chi connectivity index (χ4n) is 1.72. The lowest BCUT2D eigenvalue weighted by Crippen LogP contribution is -2.28. The first-order valence-corrected chi connectivity index (χ1v) is 5.43. The Morgan fingerprint density at radius 1 is 1.59 bits per heavy atom. The lowest BCUT2D eigenvalue weighted by molar-refractivity contribution is -0.140. The van der Waals surface area contributed by atoms with E-state index < -0.39 is 11.9 Å². The van der Waals surface area contributed by atoms with Gasteiger partial charge in [0.05, 0.1) is 11.8 Å². The zero-order valence-electron chi connectivity index (χ0n) is 9.46. The Bertz CT molecular complexity index is 443. The summed E-state index contributed by atoms with van der Waals surface area (Å²) >= 11 is 0. The number of hydrogen-bond donors (Lipinski definition) is 2. The highest BCUT2D eigenvalue weighted by atomic mass is 16.4. The van der Waals surface area contributed by atoms with Gasteiger partial charge in [0.25, 0.3) is 0 Å². The molecule has 92 valence electrons. The normalized spacial score (nSPS) is 22.2. The van der Waals surface area contributed by atoms with E-state index in [9.17, 15) is 9.59 Å². The minimum atomic E-state index is -0.890. The molecule has 0 radical (unpaired) electrons. The highest BCUT2D eigenvalue weighted by molar-refractivity contribution is 5.89. The SMILES string of the molecule is Cn1cnnc1CCNC(=O)[C@@H]1C[C@@H]1C(=O)O. The third kappa shape index (κ3) is 2.61. The smallest absolute Gasteiger partial charge is 0.307 e. The van der Waals surface area contributed by atoms with Crippen molar-refractivity contribution in [1.82, 2.24) is 20.1 Å². The summed E-state index contributed by atoms with van der Waals surface area (Å²) in [5.41, 5.74) is 0. The number of aryl methyl sites for hydroxylation is 1. The van der Waals surface area contributed by atoms with E-state index in [4.69, 9.17) is 5.11 Å². The third-order valence-electron chi connectivity index (χ3n) is 2.90. The largest absolute Gasteiger partial charge is 0.481 e. The zero-order valence-corrected chi connectivity index (χ0v) is 9.46. The van der Waals surface area contributed by atoms with Gasteiger partial charge in [0.1, 0.15) is 12.2 Å². The molecule has 1 aromatic heterocycles. The molecule has 0 aromatic carbocycles. The van der Waals surface area contributed by atoms with E-state index in [-0.39, 0.29) is 11.8 Å². The molecule has 1 amide bonds. The van der Waals surface area contributed by atoms with Crippen LogP contribution in [0.15, 0.2) is 6.33 Å². The number of nitrogens with zero attached hydrogens (tertiary/aromatic N) is 3. The maximum Gasteiger partial charge on any atom is 0.307 e. The Balaban J connectivity index is 1.71. The van der Waals surface area contributed by atoms with E-state index in [0.717, 1.165) is 5.82 Å². The van der Waals surface area contributed by atoms with Crippen LogP contribution < -0.4 is 5.32 Å². The number of hydrogen-bond acceptors (Lipinski definition) is 4. The average molecular weight is 238 g/mol. The number of carbonyl (C=O) groups excluding carboxylic acids is 1. The van der Waals surface area contributed by atoms with Crippen molar-refractivity contribution in [2.24, 2.45) is 18.9 Å². The standard InChI is InChI=1S/C10H14N4O3/c1-14-5-12-13-8(14)2-3-11-9(15)6-4-7(6)10(16)17/h5-7H,2-4H2,1H3,(H,11,15)(H,16,17)/t6-,7+/m1/s1. The molecule has 0 bridgehead atoms. The summed E-state index contributed by atoms with van der Waals surface area (Å²) in [6.07, 6.45) is 2.64. The van der Waals surface area contributed by atoms with Gasteiger partial charge in [0, 0.05) is 20.0 Å². The van der Waals surface area contributed by atoms with Crippen molar-refractivity contribution in [3.63, 3.8) is 0 Å². The average Bonchev–Trinajstić information content (AvgIpc) is 2.99. The molecule has 7 heteroatoms. The van der Waals surface area contributed by atoms with Crippen molar-refractivity contribution >= 4 is 11.9 Å². The molecule has 1 fully saturated rings. The molecular formula is C10H14N4O3. The first-order chi connectivity index (χ1) is 8.09. The van der Waals surface area contributed by atoms with Crippen LogP contribution in [0, 0.1) is 11.8 Å². The molecular weight excluding hydrogens is 224 g/mol. The maximum atomic E-state index is 11.5. The summed E-state index contributed by atoms with van der Waals surface area (Å²) in [5, 5.41) is 19.0. The van der Waals surface area contributed by atoms with Gasteiger partial charge in [-0.15, -0.1) is 10.2 Å². The van der Waals surface area contributed by atoms with Crippen LogP contribution in [0.4, 0.5) is 0 Å². The Kier molecular flexibility index (Phi) is 3.08. The van der Waals surface area contributed by atoms with Crippen LogP contribution in [0.5, 0.6) is 0 Å². The summed E-state index contributed by atoms with van der Waals surface area (Å²) in [4.78, 5) is 22.1. The quantitative estimate of drug-likeness (QED) is 0.699. The molecule has 2 N–H and O–H groups in total. The monoisotopic (exact) mass is 238 g/mol. The van der Waals surface area contributed by atoms with Gasteiger partial charge in [0.2, 0.25) is 5.91 Å². The van der Waals surface area contributed by atoms with Gasteiger partial charge in [-0.1, -0.05) is 0 Å². The molecule has 2 rings (SSSR count). The fourth-order valence-corrected chi connectivity index (χ4v) is 1.72. The molecule has 1 aliphatic rings. The Morgan fingerprint density at radius 2 is 2.35 bits per heavy atom. The number of nitrogens with one attached hydrogen (secondary N) is 1. The van der Waals surface area contributed by atoms with E-state index in [1.54, 1.807) is 10.9 Å². The number of carboxylic acid groups (broad SMARTS) is 1. The van der Waals surface area contributed by atoms with Crippen molar-refractivity contribution in [2.75, 3.05) is 6.54 Å². The number of carboxylic acids is 1. The molecule has 17 heavy (non-hydrogen) atoms. The van der Waals surface area contributed by atoms with Crippen LogP contribution in [0.2, 0.25) is 0 Å². The predicted octanol–water partition coefficient (Wildman–Crippen LogP) is -0.805. The maximum absolute atomic E-state index is 11.5. The second kappa shape index (κ2) is 4.52. The van der Waals surface area contributed by atoms with Gasteiger partial charge < -0.3 is 15.0 Å². The molecule has 1 saturated carbocycles. The lowest BCUT2D eigenvalue weighted by Gasteiger charge is -2.03. The zero-order chi connectivity index (χ0) is 12.4. The van der Waals surface area contributed by atoms with Gasteiger partial charge >= 0.3 is 5.97 Å². The first kappa shape index (κ1) is 11.6. The molecule has 0 saturated heterocycles. The van der Waals surface area contributed by atoms with Crippen LogP contribution >= 0.6 is 0 Å². The number of aromatic nitrogens is 3. The van der Waals surface area contributed by atoms with Gasteiger partial charge in [0.15, 0.2) is 0 Å². The van der Waals surface area contributed by atoms with Crippen molar-refractivity contribution in [2.45, 2.75) is 12.8 Å². The highest BCUT2D eigenvalue weighted by Gasteiger charge is 2.48. The molecule has 1 aliphatic carbocycles. The van der Waals surface area contributed by atoms with Crippen molar-refractivity contribution in [3.05, 3.63) is 12.2 Å². The van der Waals surface area contributed by atoms with E-state index in [1.165, 1.54) is 0 Å². The Hall–Kier alpha value is -1.92. The van der Waals surface area contributed by atoms with E-state index in [2.05, 4.69) is 15.5 Å². The van der Waals surface area contributed by atoms with Crippen LogP contribution in [-0.4, -0.2) is 38.3 Å². The fraction of sp³-hybridized carbons (Fsp3) is 0.600.